The summed E-state index contributed by atoms with van der Waals surface area (Å²) in [6.45, 7) is 4.64. The molecule has 0 saturated heterocycles. The fraction of sp³-hybridized carbons (Fsp3) is 0.517. The number of nitrogens with zero attached hydrogens (tertiary/aromatic N) is 5. The number of aryl methyl sites for hydroxylation is 1. The number of carbonyl (C=O) groups excluding carboxylic acids is 1. The van der Waals surface area contributed by atoms with Gasteiger partial charge >= 0.3 is 0 Å². The van der Waals surface area contributed by atoms with E-state index in [4.69, 9.17) is 10.1 Å². The molecule has 0 N–H and O–H groups in total. The lowest BCUT2D eigenvalue weighted by molar-refractivity contribution is 0.0770. The van der Waals surface area contributed by atoms with Gasteiger partial charge in [0.05, 0.1) is 35.4 Å². The molecule has 186 valence electrons. The third kappa shape index (κ3) is 3.84. The van der Waals surface area contributed by atoms with Gasteiger partial charge in [0, 0.05) is 42.2 Å². The van der Waals surface area contributed by atoms with Crippen LogP contribution >= 0.6 is 0 Å². The van der Waals surface area contributed by atoms with Gasteiger partial charge in [-0.05, 0) is 67.6 Å². The van der Waals surface area contributed by atoms with Gasteiger partial charge in [0.1, 0.15) is 6.17 Å². The normalized spacial score (nSPS) is 22.3. The molecule has 3 aromatic rings. The molecule has 3 aromatic heterocycles. The van der Waals surface area contributed by atoms with Gasteiger partial charge in [-0.3, -0.25) is 14.5 Å². The minimum atomic E-state index is -1.05. The van der Waals surface area contributed by atoms with Gasteiger partial charge in [-0.15, -0.1) is 0 Å². The smallest absolute Gasteiger partial charge is 0.256 e. The average molecular weight is 486 g/mol. The van der Waals surface area contributed by atoms with Crippen LogP contribution in [0.5, 0.6) is 0 Å². The number of pyridine rings is 2. The van der Waals surface area contributed by atoms with Crippen LogP contribution in [0.1, 0.15) is 85.4 Å². The Bertz CT molecular complexity index is 1350. The Morgan fingerprint density at radius 3 is 2.72 bits per heavy atom. The number of rotatable bonds is 6. The maximum atomic E-state index is 14.7. The zero-order valence-corrected chi connectivity index (χ0v) is 20.8. The molecule has 0 unspecified atom stereocenters. The number of carbonyl (C=O) groups is 1. The van der Waals surface area contributed by atoms with E-state index in [-0.39, 0.29) is 5.91 Å². The summed E-state index contributed by atoms with van der Waals surface area (Å²) in [6, 6.07) is 4.01. The van der Waals surface area contributed by atoms with E-state index in [0.29, 0.717) is 47.7 Å². The molecule has 7 rings (SSSR count). The molecule has 4 aliphatic rings. The van der Waals surface area contributed by atoms with Gasteiger partial charge in [-0.25, -0.2) is 9.37 Å². The van der Waals surface area contributed by atoms with Crippen molar-refractivity contribution in [3.05, 3.63) is 53.2 Å². The minimum absolute atomic E-state index is 0.0509. The maximum absolute atomic E-state index is 14.7. The summed E-state index contributed by atoms with van der Waals surface area (Å²) in [7, 11) is 0. The number of alkyl halides is 1. The average Bonchev–Trinajstić information content (AvgIpc) is 3.16. The molecule has 6 nitrogen and oxygen atoms in total. The maximum Gasteiger partial charge on any atom is 0.256 e. The molecular formula is C29H32FN5O. The molecular weight excluding hydrogens is 453 g/mol. The van der Waals surface area contributed by atoms with Gasteiger partial charge < -0.3 is 4.90 Å². The lowest BCUT2D eigenvalue weighted by Crippen LogP contribution is -2.26. The summed E-state index contributed by atoms with van der Waals surface area (Å²) < 4.78 is 16.8. The number of halogens is 1. The fourth-order valence-corrected chi connectivity index (χ4v) is 6.38. The van der Waals surface area contributed by atoms with E-state index in [9.17, 15) is 9.18 Å². The summed E-state index contributed by atoms with van der Waals surface area (Å²) in [4.78, 5) is 24.6. The van der Waals surface area contributed by atoms with Crippen LogP contribution in [-0.4, -0.2) is 37.1 Å². The molecule has 0 radical (unpaired) electrons. The molecule has 4 heterocycles. The summed E-state index contributed by atoms with van der Waals surface area (Å²) in [5, 5.41) is 4.70. The first-order chi connectivity index (χ1) is 17.5. The Kier molecular flexibility index (Phi) is 5.05. The van der Waals surface area contributed by atoms with Gasteiger partial charge in [0.2, 0.25) is 0 Å². The number of hydrogen-bond acceptors (Lipinski definition) is 4. The molecule has 0 aromatic carbocycles. The van der Waals surface area contributed by atoms with Crippen LogP contribution in [0.25, 0.3) is 22.4 Å². The third-order valence-corrected chi connectivity index (χ3v) is 8.67. The minimum Gasteiger partial charge on any atom is -0.332 e. The highest BCUT2D eigenvalue weighted by Crippen LogP contribution is 2.42. The standard InChI is InChI=1S/C29H32FN5O/c1-29(8-2-3-9-29)17-35-15-21(13-32-35)22-10-19-6-7-24(30)27(19)33-26(22)20-11-23-25(31-12-20)16-34(28(23)36)14-18-4-5-18/h10-13,15,18,24H,2-9,14,16-17H2,1H3/t24-/m1/s1. The highest BCUT2D eigenvalue weighted by atomic mass is 19.1. The van der Waals surface area contributed by atoms with E-state index in [2.05, 4.69) is 28.9 Å². The van der Waals surface area contributed by atoms with Crippen molar-refractivity contribution in [3.8, 4) is 22.4 Å². The second kappa shape index (κ2) is 8.22. The topological polar surface area (TPSA) is 63.9 Å². The molecule has 1 amide bonds. The number of amides is 1. The fourth-order valence-electron chi connectivity index (χ4n) is 6.38. The molecule has 1 aliphatic heterocycles. The molecule has 0 spiro atoms. The first-order valence-corrected chi connectivity index (χ1v) is 13.5. The highest BCUT2D eigenvalue weighted by Gasteiger charge is 2.34. The zero-order chi connectivity index (χ0) is 24.4. The SMILES string of the molecule is CC1(Cn2cc(-c3cc4c(nc3-c3cnc5c(c3)C(=O)N(CC3CC3)C5)[C@H](F)CC4)cn2)CCCC1. The predicted octanol–water partition coefficient (Wildman–Crippen LogP) is 5.91. The van der Waals surface area contributed by atoms with E-state index >= 15 is 0 Å². The van der Waals surface area contributed by atoms with Crippen molar-refractivity contribution in [2.45, 2.75) is 77.6 Å². The molecule has 0 bridgehead atoms. The molecule has 2 fully saturated rings. The predicted molar refractivity (Wildman–Crippen MR) is 135 cm³/mol. The molecule has 36 heavy (non-hydrogen) atoms. The number of aromatic nitrogens is 4. The van der Waals surface area contributed by atoms with Gasteiger partial charge in [0.25, 0.3) is 5.91 Å². The van der Waals surface area contributed by atoms with Crippen molar-refractivity contribution >= 4 is 5.91 Å². The first-order valence-electron chi connectivity index (χ1n) is 13.5. The van der Waals surface area contributed by atoms with Gasteiger partial charge in [-0.1, -0.05) is 19.8 Å². The van der Waals surface area contributed by atoms with E-state index in [1.54, 1.807) is 6.20 Å². The van der Waals surface area contributed by atoms with Crippen molar-refractivity contribution in [3.63, 3.8) is 0 Å². The van der Waals surface area contributed by atoms with E-state index in [0.717, 1.165) is 41.0 Å². The van der Waals surface area contributed by atoms with E-state index in [1.807, 2.05) is 17.2 Å². The number of hydrogen-bond donors (Lipinski definition) is 0. The molecule has 2 saturated carbocycles. The Balaban J connectivity index is 1.27. The molecule has 3 aliphatic carbocycles. The van der Waals surface area contributed by atoms with Gasteiger partial charge in [-0.2, -0.15) is 5.10 Å². The van der Waals surface area contributed by atoms with Crippen molar-refractivity contribution < 1.29 is 9.18 Å². The summed E-state index contributed by atoms with van der Waals surface area (Å²) in [6.07, 6.45) is 13.4. The Morgan fingerprint density at radius 2 is 1.92 bits per heavy atom. The summed E-state index contributed by atoms with van der Waals surface area (Å²) in [5.74, 6) is 0.687. The Hall–Kier alpha value is -3.09. The van der Waals surface area contributed by atoms with Crippen LogP contribution in [0.4, 0.5) is 4.39 Å². The lowest BCUT2D eigenvalue weighted by Gasteiger charge is -2.23. The Labute approximate surface area is 210 Å². The largest absolute Gasteiger partial charge is 0.332 e. The third-order valence-electron chi connectivity index (χ3n) is 8.67. The number of fused-ring (bicyclic) bond motifs is 2. The summed E-state index contributed by atoms with van der Waals surface area (Å²) >= 11 is 0. The summed E-state index contributed by atoms with van der Waals surface area (Å²) in [5.41, 5.74) is 6.64. The lowest BCUT2D eigenvalue weighted by atomic mass is 9.89. The monoisotopic (exact) mass is 485 g/mol. The first kappa shape index (κ1) is 22.1. The van der Waals surface area contributed by atoms with Crippen molar-refractivity contribution in [2.75, 3.05) is 6.54 Å². The zero-order valence-electron chi connectivity index (χ0n) is 20.8. The molecule has 1 atom stereocenters. The van der Waals surface area contributed by atoms with Crippen LogP contribution in [0, 0.1) is 11.3 Å². The molecule has 7 heteroatoms. The van der Waals surface area contributed by atoms with Gasteiger partial charge in [0.15, 0.2) is 0 Å². The van der Waals surface area contributed by atoms with Crippen LogP contribution < -0.4 is 0 Å². The van der Waals surface area contributed by atoms with Crippen molar-refractivity contribution in [2.24, 2.45) is 11.3 Å². The van der Waals surface area contributed by atoms with Crippen LogP contribution in [-0.2, 0) is 19.5 Å². The van der Waals surface area contributed by atoms with Crippen LogP contribution in [0.2, 0.25) is 0 Å². The Morgan fingerprint density at radius 1 is 1.08 bits per heavy atom. The van der Waals surface area contributed by atoms with E-state index in [1.165, 1.54) is 38.5 Å². The second-order valence-electron chi connectivity index (χ2n) is 11.7. The van der Waals surface area contributed by atoms with Crippen LogP contribution in [0.3, 0.4) is 0 Å². The quantitative estimate of drug-likeness (QED) is 0.435. The van der Waals surface area contributed by atoms with Crippen molar-refractivity contribution in [1.82, 2.24) is 24.6 Å². The van der Waals surface area contributed by atoms with E-state index < -0.39 is 6.17 Å². The van der Waals surface area contributed by atoms with Crippen molar-refractivity contribution in [1.29, 1.82) is 0 Å². The van der Waals surface area contributed by atoms with Crippen LogP contribution in [0.15, 0.2) is 30.7 Å². The highest BCUT2D eigenvalue weighted by molar-refractivity contribution is 5.99. The second-order valence-corrected chi connectivity index (χ2v) is 11.7.